The zero-order valence-corrected chi connectivity index (χ0v) is 10.8. The van der Waals surface area contributed by atoms with Crippen molar-refractivity contribution in [2.24, 2.45) is 0 Å². The zero-order valence-electron chi connectivity index (χ0n) is 9.94. The van der Waals surface area contributed by atoms with E-state index >= 15 is 0 Å². The summed E-state index contributed by atoms with van der Waals surface area (Å²) < 4.78 is 4.95. The minimum atomic E-state index is -0.540. The number of thioether (sulfide) groups is 1. The second-order valence-electron chi connectivity index (χ2n) is 4.18. The standard InChI is InChI=1S/C13H17NO2S/c1-16-12(15)13(7-9-17-10-8-13)14-11-5-3-2-4-6-11/h2-6,14H,7-10H2,1H3. The summed E-state index contributed by atoms with van der Waals surface area (Å²) in [7, 11) is 1.46. The van der Waals surface area contributed by atoms with E-state index in [1.807, 2.05) is 42.1 Å². The highest BCUT2D eigenvalue weighted by atomic mass is 32.2. The molecule has 1 aromatic rings. The molecule has 0 unspecified atom stereocenters. The monoisotopic (exact) mass is 251 g/mol. The highest BCUT2D eigenvalue weighted by Crippen LogP contribution is 2.31. The number of esters is 1. The normalized spacial score (nSPS) is 18.4. The molecular formula is C13H17NO2S. The second kappa shape index (κ2) is 5.45. The van der Waals surface area contributed by atoms with Crippen LogP contribution in [-0.4, -0.2) is 30.1 Å². The van der Waals surface area contributed by atoms with Crippen LogP contribution in [0.3, 0.4) is 0 Å². The van der Waals surface area contributed by atoms with Crippen molar-refractivity contribution >= 4 is 23.4 Å². The van der Waals surface area contributed by atoms with Gasteiger partial charge in [0.2, 0.25) is 0 Å². The van der Waals surface area contributed by atoms with E-state index in [0.717, 1.165) is 30.0 Å². The van der Waals surface area contributed by atoms with E-state index in [1.165, 1.54) is 7.11 Å². The van der Waals surface area contributed by atoms with Gasteiger partial charge in [0.1, 0.15) is 5.54 Å². The van der Waals surface area contributed by atoms with Crippen LogP contribution in [0.15, 0.2) is 30.3 Å². The fourth-order valence-corrected chi connectivity index (χ4v) is 3.28. The number of rotatable bonds is 3. The van der Waals surface area contributed by atoms with Crippen LogP contribution in [0.2, 0.25) is 0 Å². The average molecular weight is 251 g/mol. The lowest BCUT2D eigenvalue weighted by atomic mass is 9.92. The van der Waals surface area contributed by atoms with Crippen molar-refractivity contribution in [3.05, 3.63) is 30.3 Å². The topological polar surface area (TPSA) is 38.3 Å². The van der Waals surface area contributed by atoms with E-state index < -0.39 is 5.54 Å². The summed E-state index contributed by atoms with van der Waals surface area (Å²) in [6.07, 6.45) is 1.64. The van der Waals surface area contributed by atoms with E-state index in [-0.39, 0.29) is 5.97 Å². The molecule has 1 N–H and O–H groups in total. The molecule has 1 aliphatic rings. The van der Waals surface area contributed by atoms with Gasteiger partial charge in [-0.05, 0) is 36.5 Å². The first-order chi connectivity index (χ1) is 8.27. The first-order valence-corrected chi connectivity index (χ1v) is 6.92. The number of carbonyl (C=O) groups is 1. The molecule has 0 aromatic heterocycles. The van der Waals surface area contributed by atoms with Crippen molar-refractivity contribution in [3.8, 4) is 0 Å². The van der Waals surface area contributed by atoms with Crippen molar-refractivity contribution in [1.29, 1.82) is 0 Å². The molecule has 0 bridgehead atoms. The Morgan fingerprint density at radius 1 is 1.29 bits per heavy atom. The highest BCUT2D eigenvalue weighted by molar-refractivity contribution is 7.99. The molecular weight excluding hydrogens is 234 g/mol. The summed E-state index contributed by atoms with van der Waals surface area (Å²) in [5.41, 5.74) is 0.436. The van der Waals surface area contributed by atoms with Crippen LogP contribution >= 0.6 is 11.8 Å². The first-order valence-electron chi connectivity index (χ1n) is 5.76. The maximum absolute atomic E-state index is 12.0. The molecule has 1 heterocycles. The van der Waals surface area contributed by atoms with Crippen LogP contribution < -0.4 is 5.32 Å². The van der Waals surface area contributed by atoms with Crippen molar-refractivity contribution in [2.45, 2.75) is 18.4 Å². The summed E-state index contributed by atoms with van der Waals surface area (Å²) in [6.45, 7) is 0. The van der Waals surface area contributed by atoms with E-state index in [1.54, 1.807) is 0 Å². The van der Waals surface area contributed by atoms with Gasteiger partial charge >= 0.3 is 5.97 Å². The van der Waals surface area contributed by atoms with Crippen LogP contribution in [0.5, 0.6) is 0 Å². The largest absolute Gasteiger partial charge is 0.467 e. The van der Waals surface area contributed by atoms with Gasteiger partial charge in [0.25, 0.3) is 0 Å². The Morgan fingerprint density at radius 3 is 2.53 bits per heavy atom. The Kier molecular flexibility index (Phi) is 3.94. The minimum absolute atomic E-state index is 0.151. The van der Waals surface area contributed by atoms with Gasteiger partial charge < -0.3 is 10.1 Å². The van der Waals surface area contributed by atoms with Crippen molar-refractivity contribution in [3.63, 3.8) is 0 Å². The molecule has 0 saturated carbocycles. The third-order valence-corrected chi connectivity index (χ3v) is 4.07. The number of anilines is 1. The van der Waals surface area contributed by atoms with Crippen molar-refractivity contribution < 1.29 is 9.53 Å². The number of methoxy groups -OCH3 is 1. The van der Waals surface area contributed by atoms with Crippen molar-refractivity contribution in [1.82, 2.24) is 0 Å². The Bertz CT molecular complexity index is 374. The molecule has 17 heavy (non-hydrogen) atoms. The Morgan fingerprint density at radius 2 is 1.94 bits per heavy atom. The number of nitrogens with one attached hydrogen (secondary N) is 1. The third kappa shape index (κ3) is 2.75. The number of hydrogen-bond donors (Lipinski definition) is 1. The fraction of sp³-hybridized carbons (Fsp3) is 0.462. The molecule has 2 rings (SSSR count). The molecule has 1 saturated heterocycles. The lowest BCUT2D eigenvalue weighted by Gasteiger charge is -2.35. The van der Waals surface area contributed by atoms with Gasteiger partial charge in [-0.1, -0.05) is 18.2 Å². The van der Waals surface area contributed by atoms with Crippen LogP contribution in [0.1, 0.15) is 12.8 Å². The highest BCUT2D eigenvalue weighted by Gasteiger charge is 2.40. The summed E-state index contributed by atoms with van der Waals surface area (Å²) in [4.78, 5) is 12.0. The molecule has 1 aliphatic heterocycles. The van der Waals surface area contributed by atoms with Gasteiger partial charge in [0.05, 0.1) is 7.11 Å². The van der Waals surface area contributed by atoms with E-state index in [4.69, 9.17) is 4.74 Å². The molecule has 4 heteroatoms. The minimum Gasteiger partial charge on any atom is -0.467 e. The van der Waals surface area contributed by atoms with Crippen LogP contribution in [-0.2, 0) is 9.53 Å². The first kappa shape index (κ1) is 12.3. The maximum Gasteiger partial charge on any atom is 0.331 e. The average Bonchev–Trinajstić information content (AvgIpc) is 2.40. The molecule has 0 radical (unpaired) electrons. The van der Waals surface area contributed by atoms with Gasteiger partial charge in [0.15, 0.2) is 0 Å². The summed E-state index contributed by atoms with van der Waals surface area (Å²) in [5, 5.41) is 3.36. The zero-order chi connectivity index (χ0) is 12.1. The molecule has 0 atom stereocenters. The predicted molar refractivity (Wildman–Crippen MR) is 71.4 cm³/mol. The summed E-state index contributed by atoms with van der Waals surface area (Å²) >= 11 is 1.89. The Labute approximate surface area is 106 Å². The Hall–Kier alpha value is -1.16. The molecule has 0 aliphatic carbocycles. The van der Waals surface area contributed by atoms with E-state index in [0.29, 0.717) is 0 Å². The van der Waals surface area contributed by atoms with Crippen LogP contribution in [0, 0.1) is 0 Å². The van der Waals surface area contributed by atoms with Gasteiger partial charge in [-0.3, -0.25) is 0 Å². The number of para-hydroxylation sites is 1. The van der Waals surface area contributed by atoms with E-state index in [2.05, 4.69) is 5.32 Å². The number of hydrogen-bond acceptors (Lipinski definition) is 4. The van der Waals surface area contributed by atoms with Crippen LogP contribution in [0.4, 0.5) is 5.69 Å². The van der Waals surface area contributed by atoms with Gasteiger partial charge in [-0.2, -0.15) is 11.8 Å². The lowest BCUT2D eigenvalue weighted by Crippen LogP contribution is -2.49. The summed E-state index contributed by atoms with van der Waals surface area (Å²) in [5.74, 6) is 1.84. The SMILES string of the molecule is COC(=O)C1(Nc2ccccc2)CCSCC1. The third-order valence-electron chi connectivity index (χ3n) is 3.08. The van der Waals surface area contributed by atoms with Crippen molar-refractivity contribution in [2.75, 3.05) is 23.9 Å². The maximum atomic E-state index is 12.0. The molecule has 0 spiro atoms. The predicted octanol–water partition coefficient (Wildman–Crippen LogP) is 2.54. The second-order valence-corrected chi connectivity index (χ2v) is 5.40. The quantitative estimate of drug-likeness (QED) is 0.838. The number of carbonyl (C=O) groups excluding carboxylic acids is 1. The van der Waals surface area contributed by atoms with Gasteiger partial charge in [-0.25, -0.2) is 4.79 Å². The van der Waals surface area contributed by atoms with Gasteiger partial charge in [-0.15, -0.1) is 0 Å². The fourth-order valence-electron chi connectivity index (χ4n) is 2.09. The molecule has 1 fully saturated rings. The summed E-state index contributed by atoms with van der Waals surface area (Å²) in [6, 6.07) is 9.85. The lowest BCUT2D eigenvalue weighted by molar-refractivity contribution is -0.146. The number of ether oxygens (including phenoxy) is 1. The van der Waals surface area contributed by atoms with Crippen LogP contribution in [0.25, 0.3) is 0 Å². The molecule has 92 valence electrons. The smallest absolute Gasteiger partial charge is 0.331 e. The molecule has 1 aromatic carbocycles. The Balaban J connectivity index is 2.19. The van der Waals surface area contributed by atoms with Gasteiger partial charge in [0, 0.05) is 5.69 Å². The van der Waals surface area contributed by atoms with E-state index in [9.17, 15) is 4.79 Å². The number of benzene rings is 1. The molecule has 0 amide bonds. The molecule has 3 nitrogen and oxygen atoms in total.